The Kier molecular flexibility index (Phi) is 5.93. The Hall–Kier alpha value is -1.00. The van der Waals surface area contributed by atoms with Gasteiger partial charge < -0.3 is 10.4 Å². The van der Waals surface area contributed by atoms with E-state index < -0.39 is 11.0 Å². The molecule has 1 aromatic rings. The molecular formula is C18H27NO2S. The standard InChI is InChI=1S/C18H27NO2S/c1-17(2,10-6-9-15-7-4-3-5-8-15)16(20)19-13-18(21)11-12-22-14-18/h3-5,7-8,21H,6,9-14H2,1-2H3,(H,19,20). The smallest absolute Gasteiger partial charge is 0.225 e. The highest BCUT2D eigenvalue weighted by Gasteiger charge is 2.34. The molecule has 1 saturated heterocycles. The Morgan fingerprint density at radius 2 is 2.09 bits per heavy atom. The van der Waals surface area contributed by atoms with E-state index in [1.807, 2.05) is 32.0 Å². The highest BCUT2D eigenvalue weighted by molar-refractivity contribution is 7.99. The molecule has 1 aliphatic rings. The fraction of sp³-hybridized carbons (Fsp3) is 0.611. The SMILES string of the molecule is CC(C)(CCCc1ccccc1)C(=O)NCC1(O)CCSC1. The van der Waals surface area contributed by atoms with Crippen molar-refractivity contribution in [3.05, 3.63) is 35.9 Å². The van der Waals surface area contributed by atoms with Crippen LogP contribution in [0.15, 0.2) is 30.3 Å². The van der Waals surface area contributed by atoms with Crippen LogP contribution in [0.3, 0.4) is 0 Å². The number of hydrogen-bond acceptors (Lipinski definition) is 3. The maximum absolute atomic E-state index is 12.4. The monoisotopic (exact) mass is 321 g/mol. The summed E-state index contributed by atoms with van der Waals surface area (Å²) < 4.78 is 0. The average molecular weight is 321 g/mol. The van der Waals surface area contributed by atoms with Crippen LogP contribution >= 0.6 is 11.8 Å². The van der Waals surface area contributed by atoms with Crippen LogP contribution in [0.5, 0.6) is 0 Å². The summed E-state index contributed by atoms with van der Waals surface area (Å²) in [7, 11) is 0. The average Bonchev–Trinajstić information content (AvgIpc) is 2.93. The van der Waals surface area contributed by atoms with Gasteiger partial charge in [-0.2, -0.15) is 11.8 Å². The Bertz CT molecular complexity index is 481. The van der Waals surface area contributed by atoms with E-state index >= 15 is 0 Å². The summed E-state index contributed by atoms with van der Waals surface area (Å²) in [6, 6.07) is 10.4. The number of aryl methyl sites for hydroxylation is 1. The second kappa shape index (κ2) is 7.51. The van der Waals surface area contributed by atoms with E-state index in [0.29, 0.717) is 6.54 Å². The van der Waals surface area contributed by atoms with Crippen molar-refractivity contribution in [2.24, 2.45) is 5.41 Å². The number of thioether (sulfide) groups is 1. The predicted octanol–water partition coefficient (Wildman–Crippen LogP) is 3.02. The second-order valence-electron chi connectivity index (χ2n) is 6.93. The minimum absolute atomic E-state index is 0.0471. The maximum atomic E-state index is 12.4. The minimum atomic E-state index is -0.708. The molecular weight excluding hydrogens is 294 g/mol. The Labute approximate surface area is 137 Å². The first kappa shape index (κ1) is 17.4. The van der Waals surface area contributed by atoms with Crippen molar-refractivity contribution >= 4 is 17.7 Å². The first-order chi connectivity index (χ1) is 10.4. The lowest BCUT2D eigenvalue weighted by atomic mass is 9.85. The molecule has 0 aromatic heterocycles. The quantitative estimate of drug-likeness (QED) is 0.811. The van der Waals surface area contributed by atoms with Gasteiger partial charge in [-0.3, -0.25) is 4.79 Å². The van der Waals surface area contributed by atoms with Crippen LogP contribution in [0.2, 0.25) is 0 Å². The lowest BCUT2D eigenvalue weighted by molar-refractivity contribution is -0.130. The summed E-state index contributed by atoms with van der Waals surface area (Å²) >= 11 is 1.75. The number of amides is 1. The molecule has 22 heavy (non-hydrogen) atoms. The number of nitrogens with one attached hydrogen (secondary N) is 1. The van der Waals surface area contributed by atoms with Crippen LogP contribution in [-0.2, 0) is 11.2 Å². The third-order valence-corrected chi connectivity index (χ3v) is 5.62. The Morgan fingerprint density at radius 1 is 1.36 bits per heavy atom. The van der Waals surface area contributed by atoms with E-state index in [0.717, 1.165) is 37.2 Å². The molecule has 1 amide bonds. The van der Waals surface area contributed by atoms with Crippen molar-refractivity contribution in [2.45, 2.75) is 45.1 Å². The van der Waals surface area contributed by atoms with E-state index in [2.05, 4.69) is 17.4 Å². The molecule has 2 N–H and O–H groups in total. The summed E-state index contributed by atoms with van der Waals surface area (Å²) in [6.07, 6.45) is 3.61. The lowest BCUT2D eigenvalue weighted by Gasteiger charge is -2.27. The highest BCUT2D eigenvalue weighted by Crippen LogP contribution is 2.28. The van der Waals surface area contributed by atoms with Crippen LogP contribution in [0, 0.1) is 5.41 Å². The molecule has 1 unspecified atom stereocenters. The van der Waals surface area contributed by atoms with Crippen molar-refractivity contribution in [3.8, 4) is 0 Å². The molecule has 0 aliphatic carbocycles. The zero-order valence-electron chi connectivity index (χ0n) is 13.6. The fourth-order valence-corrected chi connectivity index (χ4v) is 4.01. The van der Waals surface area contributed by atoms with E-state index in [9.17, 15) is 9.90 Å². The van der Waals surface area contributed by atoms with Gasteiger partial charge in [0.15, 0.2) is 0 Å². The van der Waals surface area contributed by atoms with Crippen molar-refractivity contribution < 1.29 is 9.90 Å². The number of carbonyl (C=O) groups is 1. The third-order valence-electron chi connectivity index (χ3n) is 4.39. The molecule has 0 saturated carbocycles. The number of aliphatic hydroxyl groups is 1. The predicted molar refractivity (Wildman–Crippen MR) is 93.1 cm³/mol. The van der Waals surface area contributed by atoms with E-state index in [1.165, 1.54) is 5.56 Å². The summed E-state index contributed by atoms with van der Waals surface area (Å²) in [5.74, 6) is 1.75. The van der Waals surface area contributed by atoms with Gasteiger partial charge in [-0.1, -0.05) is 44.2 Å². The van der Waals surface area contributed by atoms with Gasteiger partial charge in [0, 0.05) is 17.7 Å². The summed E-state index contributed by atoms with van der Waals surface area (Å²) in [4.78, 5) is 12.4. The first-order valence-corrected chi connectivity index (χ1v) is 9.19. The molecule has 0 radical (unpaired) electrons. The first-order valence-electron chi connectivity index (χ1n) is 8.04. The zero-order valence-corrected chi connectivity index (χ0v) is 14.4. The van der Waals surface area contributed by atoms with Gasteiger partial charge in [-0.25, -0.2) is 0 Å². The zero-order chi connectivity index (χ0) is 16.1. The van der Waals surface area contributed by atoms with Gasteiger partial charge in [0.1, 0.15) is 0 Å². The molecule has 0 spiro atoms. The van der Waals surface area contributed by atoms with E-state index in [1.54, 1.807) is 11.8 Å². The topological polar surface area (TPSA) is 49.3 Å². The molecule has 0 bridgehead atoms. The van der Waals surface area contributed by atoms with Crippen molar-refractivity contribution in [3.63, 3.8) is 0 Å². The number of rotatable bonds is 7. The Morgan fingerprint density at radius 3 is 2.73 bits per heavy atom. The summed E-state index contributed by atoms with van der Waals surface area (Å²) in [6.45, 7) is 4.35. The van der Waals surface area contributed by atoms with Gasteiger partial charge in [0.25, 0.3) is 0 Å². The largest absolute Gasteiger partial charge is 0.387 e. The minimum Gasteiger partial charge on any atom is -0.387 e. The van der Waals surface area contributed by atoms with Gasteiger partial charge in [0.05, 0.1) is 5.60 Å². The van der Waals surface area contributed by atoms with Crippen LogP contribution in [-0.4, -0.2) is 34.7 Å². The normalized spacial score (nSPS) is 21.8. The van der Waals surface area contributed by atoms with Crippen LogP contribution < -0.4 is 5.32 Å². The molecule has 1 aliphatic heterocycles. The van der Waals surface area contributed by atoms with Crippen molar-refractivity contribution in [2.75, 3.05) is 18.1 Å². The van der Waals surface area contributed by atoms with Gasteiger partial charge in [-0.05, 0) is 37.0 Å². The molecule has 122 valence electrons. The van der Waals surface area contributed by atoms with Gasteiger partial charge in [0.2, 0.25) is 5.91 Å². The molecule has 2 rings (SSSR count). The molecule has 4 heteroatoms. The third kappa shape index (κ3) is 5.03. The molecule has 3 nitrogen and oxygen atoms in total. The van der Waals surface area contributed by atoms with Crippen LogP contribution in [0.4, 0.5) is 0 Å². The number of hydrogen-bond donors (Lipinski definition) is 2. The van der Waals surface area contributed by atoms with Crippen LogP contribution in [0.1, 0.15) is 38.7 Å². The van der Waals surface area contributed by atoms with Crippen molar-refractivity contribution in [1.82, 2.24) is 5.32 Å². The highest BCUT2D eigenvalue weighted by atomic mass is 32.2. The van der Waals surface area contributed by atoms with Gasteiger partial charge in [-0.15, -0.1) is 0 Å². The molecule has 1 atom stereocenters. The molecule has 1 fully saturated rings. The van der Waals surface area contributed by atoms with E-state index in [-0.39, 0.29) is 5.91 Å². The second-order valence-corrected chi connectivity index (χ2v) is 8.04. The number of benzene rings is 1. The lowest BCUT2D eigenvalue weighted by Crippen LogP contribution is -2.47. The summed E-state index contributed by atoms with van der Waals surface area (Å²) in [5, 5.41) is 13.2. The van der Waals surface area contributed by atoms with E-state index in [4.69, 9.17) is 0 Å². The van der Waals surface area contributed by atoms with Crippen LogP contribution in [0.25, 0.3) is 0 Å². The summed E-state index contributed by atoms with van der Waals surface area (Å²) in [5.41, 5.74) is 0.216. The molecule has 1 heterocycles. The molecule has 1 aromatic carbocycles. The van der Waals surface area contributed by atoms with Gasteiger partial charge >= 0.3 is 0 Å². The fourth-order valence-electron chi connectivity index (χ4n) is 2.71. The van der Waals surface area contributed by atoms with Crippen molar-refractivity contribution in [1.29, 1.82) is 0 Å². The maximum Gasteiger partial charge on any atom is 0.225 e. The number of carbonyl (C=O) groups excluding carboxylic acids is 1. The Balaban J connectivity index is 1.75.